The molecule has 0 amide bonds. The monoisotopic (exact) mass is 426 g/mol. The van der Waals surface area contributed by atoms with Gasteiger partial charge >= 0.3 is 0 Å². The molecular formula is C23H27ClN4O2. The lowest BCUT2D eigenvalue weighted by Crippen LogP contribution is -2.30. The maximum absolute atomic E-state index is 6.34. The van der Waals surface area contributed by atoms with Crippen LogP contribution in [-0.4, -0.2) is 36.7 Å². The van der Waals surface area contributed by atoms with Crippen LogP contribution in [0.1, 0.15) is 25.3 Å². The number of hydrogen-bond acceptors (Lipinski definition) is 6. The van der Waals surface area contributed by atoms with E-state index in [0.717, 1.165) is 66.9 Å². The summed E-state index contributed by atoms with van der Waals surface area (Å²) in [6.07, 6.45) is 6.60. The van der Waals surface area contributed by atoms with Gasteiger partial charge in [0.05, 0.1) is 24.0 Å². The van der Waals surface area contributed by atoms with Gasteiger partial charge in [0.2, 0.25) is 5.88 Å². The van der Waals surface area contributed by atoms with E-state index in [-0.39, 0.29) is 0 Å². The first-order valence-electron chi connectivity index (χ1n) is 10.4. The average Bonchev–Trinajstić information content (AvgIpc) is 2.79. The summed E-state index contributed by atoms with van der Waals surface area (Å²) in [6.45, 7) is 5.01. The van der Waals surface area contributed by atoms with Gasteiger partial charge in [-0.3, -0.25) is 4.98 Å². The van der Waals surface area contributed by atoms with Gasteiger partial charge in [-0.2, -0.15) is 0 Å². The third kappa shape index (κ3) is 4.60. The molecule has 2 N–H and O–H groups in total. The summed E-state index contributed by atoms with van der Waals surface area (Å²) < 4.78 is 12.3. The number of aryl methyl sites for hydroxylation is 1. The molecule has 0 aliphatic carbocycles. The zero-order valence-corrected chi connectivity index (χ0v) is 18.1. The molecule has 1 aliphatic heterocycles. The van der Waals surface area contributed by atoms with Crippen molar-refractivity contribution < 1.29 is 9.47 Å². The van der Waals surface area contributed by atoms with Crippen molar-refractivity contribution in [3.8, 4) is 17.4 Å². The van der Waals surface area contributed by atoms with Crippen molar-refractivity contribution in [1.29, 1.82) is 0 Å². The first-order valence-corrected chi connectivity index (χ1v) is 10.8. The number of benzene rings is 1. The fourth-order valence-electron chi connectivity index (χ4n) is 3.69. The second-order valence-corrected chi connectivity index (χ2v) is 7.91. The molecule has 1 saturated heterocycles. The van der Waals surface area contributed by atoms with E-state index in [0.29, 0.717) is 22.6 Å². The molecule has 7 heteroatoms. The Bertz CT molecular complexity index is 1020. The number of hydrogen-bond donors (Lipinski definition) is 2. The van der Waals surface area contributed by atoms with Crippen molar-refractivity contribution in [3.63, 3.8) is 0 Å². The van der Waals surface area contributed by atoms with Crippen LogP contribution >= 0.6 is 11.6 Å². The van der Waals surface area contributed by atoms with Gasteiger partial charge in [-0.05, 0) is 62.0 Å². The van der Waals surface area contributed by atoms with E-state index in [1.165, 1.54) is 0 Å². The Morgan fingerprint density at radius 1 is 1.17 bits per heavy atom. The highest BCUT2D eigenvalue weighted by molar-refractivity contribution is 6.32. The number of aromatic nitrogens is 2. The normalized spacial score (nSPS) is 14.6. The number of rotatable bonds is 7. The van der Waals surface area contributed by atoms with E-state index in [1.54, 1.807) is 18.5 Å². The van der Waals surface area contributed by atoms with Crippen molar-refractivity contribution in [1.82, 2.24) is 15.3 Å². The largest absolute Gasteiger partial charge is 0.493 e. The van der Waals surface area contributed by atoms with Crippen molar-refractivity contribution >= 4 is 28.2 Å². The van der Waals surface area contributed by atoms with E-state index in [1.807, 2.05) is 19.2 Å². The molecule has 4 rings (SSSR count). The highest BCUT2D eigenvalue weighted by Gasteiger charge is 2.16. The molecule has 0 radical (unpaired) electrons. The zero-order valence-electron chi connectivity index (χ0n) is 17.4. The van der Waals surface area contributed by atoms with Gasteiger partial charge in [0.1, 0.15) is 16.5 Å². The molecule has 6 nitrogen and oxygen atoms in total. The van der Waals surface area contributed by atoms with Crippen LogP contribution in [0.25, 0.3) is 10.9 Å². The third-order valence-corrected chi connectivity index (χ3v) is 5.77. The molecular weight excluding hydrogens is 400 g/mol. The molecule has 2 aromatic heterocycles. The van der Waals surface area contributed by atoms with Crippen molar-refractivity contribution in [2.75, 3.05) is 32.1 Å². The minimum absolute atomic E-state index is 0.368. The zero-order chi connectivity index (χ0) is 20.9. The molecule has 158 valence electrons. The second-order valence-electron chi connectivity index (χ2n) is 7.51. The van der Waals surface area contributed by atoms with Gasteiger partial charge in [-0.15, -0.1) is 0 Å². The molecule has 0 atom stereocenters. The number of fused-ring (bicyclic) bond motifs is 1. The van der Waals surface area contributed by atoms with E-state index < -0.39 is 0 Å². The van der Waals surface area contributed by atoms with Crippen molar-refractivity contribution in [2.24, 2.45) is 5.92 Å². The maximum Gasteiger partial charge on any atom is 0.238 e. The van der Waals surface area contributed by atoms with E-state index >= 15 is 0 Å². The number of anilines is 1. The summed E-state index contributed by atoms with van der Waals surface area (Å²) in [6, 6.07) is 7.74. The molecule has 0 unspecified atom stereocenters. The Labute approximate surface area is 182 Å². The summed E-state index contributed by atoms with van der Waals surface area (Å²) in [4.78, 5) is 8.86. The quantitative estimate of drug-likeness (QED) is 0.550. The molecule has 0 bridgehead atoms. The third-order valence-electron chi connectivity index (χ3n) is 5.50. The Morgan fingerprint density at radius 3 is 2.73 bits per heavy atom. The van der Waals surface area contributed by atoms with Crippen LogP contribution in [0.2, 0.25) is 5.02 Å². The molecule has 3 heterocycles. The fraction of sp³-hybridized carbons (Fsp3) is 0.391. The predicted molar refractivity (Wildman–Crippen MR) is 121 cm³/mol. The van der Waals surface area contributed by atoms with E-state index in [4.69, 9.17) is 21.1 Å². The topological polar surface area (TPSA) is 68.3 Å². The van der Waals surface area contributed by atoms with Crippen LogP contribution in [0.4, 0.5) is 5.69 Å². The molecule has 0 spiro atoms. The Morgan fingerprint density at radius 2 is 2.00 bits per heavy atom. The van der Waals surface area contributed by atoms with Crippen LogP contribution < -0.4 is 20.1 Å². The summed E-state index contributed by atoms with van der Waals surface area (Å²) in [5.74, 6) is 2.55. The Balaban J connectivity index is 1.61. The van der Waals surface area contributed by atoms with Gasteiger partial charge in [0.25, 0.3) is 0 Å². The summed E-state index contributed by atoms with van der Waals surface area (Å²) in [5.41, 5.74) is 2.79. The summed E-state index contributed by atoms with van der Waals surface area (Å²) in [5, 5.41) is 7.78. The minimum Gasteiger partial charge on any atom is -0.493 e. The smallest absolute Gasteiger partial charge is 0.238 e. The highest BCUT2D eigenvalue weighted by atomic mass is 35.5. The molecule has 1 aliphatic rings. The van der Waals surface area contributed by atoms with Crippen LogP contribution in [-0.2, 0) is 6.42 Å². The maximum atomic E-state index is 6.34. The number of piperidine rings is 1. The van der Waals surface area contributed by atoms with Gasteiger partial charge in [-0.25, -0.2) is 4.98 Å². The standard InChI is InChI=1S/C23H27ClN4O2/c1-3-16-10-18-20(12-22(16)29-14-15-4-7-26-8-5-15)27-9-6-21(18)30-23-19(24)11-17(25-2)13-28-23/h6,9-13,15,25-26H,3-5,7-8,14H2,1-2H3. The number of ether oxygens (including phenoxy) is 2. The molecule has 1 fully saturated rings. The van der Waals surface area contributed by atoms with Crippen LogP contribution in [0.15, 0.2) is 36.7 Å². The van der Waals surface area contributed by atoms with Gasteiger partial charge in [-0.1, -0.05) is 18.5 Å². The number of pyridine rings is 2. The lowest BCUT2D eigenvalue weighted by molar-refractivity contribution is 0.214. The van der Waals surface area contributed by atoms with Crippen LogP contribution in [0.3, 0.4) is 0 Å². The highest BCUT2D eigenvalue weighted by Crippen LogP contribution is 2.35. The fourth-order valence-corrected chi connectivity index (χ4v) is 3.90. The average molecular weight is 427 g/mol. The lowest BCUT2D eigenvalue weighted by atomic mass is 9.99. The SMILES string of the molecule is CCc1cc2c(Oc3ncc(NC)cc3Cl)ccnc2cc1OCC1CCNCC1. The minimum atomic E-state index is 0.368. The first kappa shape index (κ1) is 20.7. The molecule has 0 saturated carbocycles. The summed E-state index contributed by atoms with van der Waals surface area (Å²) in [7, 11) is 1.82. The van der Waals surface area contributed by atoms with Crippen LogP contribution in [0.5, 0.6) is 17.4 Å². The van der Waals surface area contributed by atoms with Crippen LogP contribution in [0, 0.1) is 5.92 Å². The Kier molecular flexibility index (Phi) is 6.55. The van der Waals surface area contributed by atoms with Gasteiger partial charge < -0.3 is 20.1 Å². The predicted octanol–water partition coefficient (Wildman–Crippen LogP) is 5.06. The van der Waals surface area contributed by atoms with E-state index in [9.17, 15) is 0 Å². The lowest BCUT2D eigenvalue weighted by Gasteiger charge is -2.23. The van der Waals surface area contributed by atoms with Crippen molar-refractivity contribution in [3.05, 3.63) is 47.2 Å². The summed E-state index contributed by atoms with van der Waals surface area (Å²) >= 11 is 6.34. The first-order chi connectivity index (χ1) is 14.7. The molecule has 1 aromatic carbocycles. The van der Waals surface area contributed by atoms with E-state index in [2.05, 4.69) is 33.6 Å². The number of nitrogens with one attached hydrogen (secondary N) is 2. The Hall–Kier alpha value is -2.57. The molecule has 3 aromatic rings. The molecule has 30 heavy (non-hydrogen) atoms. The number of halogens is 1. The second kappa shape index (κ2) is 9.49. The van der Waals surface area contributed by atoms with Gasteiger partial charge in [0, 0.05) is 24.7 Å². The number of nitrogens with zero attached hydrogens (tertiary/aromatic N) is 2. The van der Waals surface area contributed by atoms with Crippen molar-refractivity contribution in [2.45, 2.75) is 26.2 Å². The van der Waals surface area contributed by atoms with Gasteiger partial charge in [0.15, 0.2) is 0 Å².